The summed E-state index contributed by atoms with van der Waals surface area (Å²) < 4.78 is 0. The molecule has 0 aliphatic heterocycles. The van der Waals surface area contributed by atoms with Crippen LogP contribution in [0.3, 0.4) is 0 Å². The van der Waals surface area contributed by atoms with Crippen LogP contribution in [0.1, 0.15) is 67.2 Å². The van der Waals surface area contributed by atoms with Crippen LogP contribution in [0.25, 0.3) is 0 Å². The number of hydrogen-bond donors (Lipinski definition) is 0. The molecule has 1 atom stereocenters. The molecule has 0 bridgehead atoms. The van der Waals surface area contributed by atoms with Gasteiger partial charge >= 0.3 is 0 Å². The summed E-state index contributed by atoms with van der Waals surface area (Å²) in [6.07, 6.45) is 5.49. The molecule has 1 unspecified atom stereocenters. The lowest BCUT2D eigenvalue weighted by atomic mass is 10.00. The van der Waals surface area contributed by atoms with E-state index in [1.807, 2.05) is 0 Å². The van der Waals surface area contributed by atoms with Crippen molar-refractivity contribution < 1.29 is 0 Å². The number of nitrogens with zero attached hydrogens (tertiary/aromatic N) is 1. The predicted octanol–water partition coefficient (Wildman–Crippen LogP) is 4.57. The second-order valence-corrected chi connectivity index (χ2v) is 6.02. The third-order valence-electron chi connectivity index (χ3n) is 3.25. The van der Waals surface area contributed by atoms with Crippen LogP contribution in [-0.2, 0) is 0 Å². The molecular formula is C15H33N. The average Bonchev–Trinajstić information content (AvgIpc) is 2.15. The lowest BCUT2D eigenvalue weighted by Gasteiger charge is -2.28. The monoisotopic (exact) mass is 227 g/mol. The van der Waals surface area contributed by atoms with E-state index >= 15 is 0 Å². The normalized spacial score (nSPS) is 14.1. The highest BCUT2D eigenvalue weighted by Crippen LogP contribution is 2.14. The SMILES string of the molecule is CCCC(C)CCCN(CC(C)C)C(C)C. The minimum atomic E-state index is 0.698. The largest absolute Gasteiger partial charge is 0.301 e. The lowest BCUT2D eigenvalue weighted by Crippen LogP contribution is -2.35. The standard InChI is InChI=1S/C15H33N/c1-7-9-15(6)10-8-11-16(14(4)5)12-13(2)3/h13-15H,7-12H2,1-6H3. The maximum absolute atomic E-state index is 2.63. The predicted molar refractivity (Wildman–Crippen MR) is 74.9 cm³/mol. The van der Waals surface area contributed by atoms with Gasteiger partial charge in [-0.1, -0.05) is 40.5 Å². The van der Waals surface area contributed by atoms with Crippen LogP contribution < -0.4 is 0 Å². The Morgan fingerprint density at radius 2 is 1.56 bits per heavy atom. The maximum Gasteiger partial charge on any atom is 0.00387 e. The van der Waals surface area contributed by atoms with E-state index in [-0.39, 0.29) is 0 Å². The Balaban J connectivity index is 3.76. The van der Waals surface area contributed by atoms with Crippen LogP contribution in [0.5, 0.6) is 0 Å². The van der Waals surface area contributed by atoms with Crippen molar-refractivity contribution in [2.24, 2.45) is 11.8 Å². The van der Waals surface area contributed by atoms with Gasteiger partial charge in [0.1, 0.15) is 0 Å². The van der Waals surface area contributed by atoms with E-state index in [4.69, 9.17) is 0 Å². The van der Waals surface area contributed by atoms with Gasteiger partial charge in [-0.25, -0.2) is 0 Å². The Hall–Kier alpha value is -0.0400. The average molecular weight is 227 g/mol. The Morgan fingerprint density at radius 1 is 0.938 bits per heavy atom. The Labute approximate surface area is 104 Å². The first kappa shape index (κ1) is 16.0. The zero-order valence-corrected chi connectivity index (χ0v) is 12.4. The van der Waals surface area contributed by atoms with Crippen molar-refractivity contribution in [1.82, 2.24) is 4.90 Å². The Morgan fingerprint density at radius 3 is 2.00 bits per heavy atom. The molecule has 0 aromatic heterocycles. The Kier molecular flexibility index (Phi) is 9.02. The van der Waals surface area contributed by atoms with Gasteiger partial charge in [-0.2, -0.15) is 0 Å². The van der Waals surface area contributed by atoms with E-state index in [0.29, 0.717) is 6.04 Å². The third-order valence-corrected chi connectivity index (χ3v) is 3.25. The van der Waals surface area contributed by atoms with Gasteiger partial charge in [0, 0.05) is 12.6 Å². The summed E-state index contributed by atoms with van der Waals surface area (Å²) in [4.78, 5) is 2.63. The van der Waals surface area contributed by atoms with Crippen LogP contribution in [0.2, 0.25) is 0 Å². The molecule has 0 fully saturated rings. The molecule has 0 saturated heterocycles. The summed E-state index contributed by atoms with van der Waals surface area (Å²) in [5, 5.41) is 0. The van der Waals surface area contributed by atoms with Gasteiger partial charge in [-0.3, -0.25) is 0 Å². The number of rotatable bonds is 9. The van der Waals surface area contributed by atoms with Gasteiger partial charge in [0.15, 0.2) is 0 Å². The molecule has 0 aliphatic rings. The summed E-state index contributed by atoms with van der Waals surface area (Å²) in [5.74, 6) is 1.70. The summed E-state index contributed by atoms with van der Waals surface area (Å²) >= 11 is 0. The van der Waals surface area contributed by atoms with Gasteiger partial charge < -0.3 is 4.90 Å². The van der Waals surface area contributed by atoms with E-state index in [0.717, 1.165) is 11.8 Å². The van der Waals surface area contributed by atoms with E-state index in [1.54, 1.807) is 0 Å². The van der Waals surface area contributed by atoms with E-state index in [1.165, 1.54) is 38.8 Å². The van der Waals surface area contributed by atoms with Crippen molar-refractivity contribution in [3.05, 3.63) is 0 Å². The van der Waals surface area contributed by atoms with Crippen molar-refractivity contribution in [1.29, 1.82) is 0 Å². The molecule has 1 nitrogen and oxygen atoms in total. The first-order valence-corrected chi connectivity index (χ1v) is 7.21. The van der Waals surface area contributed by atoms with Crippen molar-refractivity contribution in [3.63, 3.8) is 0 Å². The molecule has 0 aromatic rings. The third kappa shape index (κ3) is 8.15. The molecule has 0 heterocycles. The fourth-order valence-electron chi connectivity index (χ4n) is 2.31. The fraction of sp³-hybridized carbons (Fsp3) is 1.00. The molecule has 0 aromatic carbocycles. The molecule has 16 heavy (non-hydrogen) atoms. The van der Waals surface area contributed by atoms with Gasteiger partial charge in [-0.05, 0) is 45.1 Å². The molecule has 0 amide bonds. The molecule has 1 heteroatoms. The van der Waals surface area contributed by atoms with Gasteiger partial charge in [-0.15, -0.1) is 0 Å². The second-order valence-electron chi connectivity index (χ2n) is 6.02. The molecular weight excluding hydrogens is 194 g/mol. The van der Waals surface area contributed by atoms with E-state index < -0.39 is 0 Å². The van der Waals surface area contributed by atoms with Crippen molar-refractivity contribution in [3.8, 4) is 0 Å². The molecule has 0 N–H and O–H groups in total. The van der Waals surface area contributed by atoms with E-state index in [2.05, 4.69) is 46.4 Å². The topological polar surface area (TPSA) is 3.24 Å². The van der Waals surface area contributed by atoms with Gasteiger partial charge in [0.2, 0.25) is 0 Å². The number of hydrogen-bond acceptors (Lipinski definition) is 1. The van der Waals surface area contributed by atoms with E-state index in [9.17, 15) is 0 Å². The van der Waals surface area contributed by atoms with Crippen molar-refractivity contribution in [2.45, 2.75) is 73.3 Å². The first-order valence-electron chi connectivity index (χ1n) is 7.21. The molecule has 0 spiro atoms. The minimum absolute atomic E-state index is 0.698. The van der Waals surface area contributed by atoms with Gasteiger partial charge in [0.05, 0.1) is 0 Å². The summed E-state index contributed by atoms with van der Waals surface area (Å²) in [5.41, 5.74) is 0. The quantitative estimate of drug-likeness (QED) is 0.558. The van der Waals surface area contributed by atoms with Crippen LogP contribution in [-0.4, -0.2) is 24.0 Å². The van der Waals surface area contributed by atoms with Crippen molar-refractivity contribution in [2.75, 3.05) is 13.1 Å². The molecule has 98 valence electrons. The molecule has 0 aliphatic carbocycles. The fourth-order valence-corrected chi connectivity index (χ4v) is 2.31. The highest BCUT2D eigenvalue weighted by Gasteiger charge is 2.11. The van der Waals surface area contributed by atoms with Crippen molar-refractivity contribution >= 4 is 0 Å². The minimum Gasteiger partial charge on any atom is -0.301 e. The second kappa shape index (κ2) is 9.04. The van der Waals surface area contributed by atoms with Crippen LogP contribution in [0.15, 0.2) is 0 Å². The van der Waals surface area contributed by atoms with Crippen LogP contribution in [0, 0.1) is 11.8 Å². The highest BCUT2D eigenvalue weighted by molar-refractivity contribution is 4.65. The molecule has 0 radical (unpaired) electrons. The summed E-state index contributed by atoms with van der Waals surface area (Å²) in [7, 11) is 0. The first-order chi connectivity index (χ1) is 7.47. The highest BCUT2D eigenvalue weighted by atomic mass is 15.1. The zero-order chi connectivity index (χ0) is 12.6. The molecule has 0 rings (SSSR count). The van der Waals surface area contributed by atoms with Gasteiger partial charge in [0.25, 0.3) is 0 Å². The van der Waals surface area contributed by atoms with Crippen LogP contribution in [0.4, 0.5) is 0 Å². The molecule has 0 saturated carbocycles. The zero-order valence-electron chi connectivity index (χ0n) is 12.4. The summed E-state index contributed by atoms with van der Waals surface area (Å²) in [6, 6.07) is 0.698. The lowest BCUT2D eigenvalue weighted by molar-refractivity contribution is 0.190. The van der Waals surface area contributed by atoms with Crippen LogP contribution >= 0.6 is 0 Å². The summed E-state index contributed by atoms with van der Waals surface area (Å²) in [6.45, 7) is 16.5. The Bertz CT molecular complexity index is 152. The maximum atomic E-state index is 2.63. The smallest absolute Gasteiger partial charge is 0.00387 e.